The lowest BCUT2D eigenvalue weighted by molar-refractivity contribution is -0.139. The van der Waals surface area contributed by atoms with Crippen molar-refractivity contribution in [2.24, 2.45) is 0 Å². The molecule has 124 valence electrons. The zero-order valence-corrected chi connectivity index (χ0v) is 14.0. The number of hydrogen-bond acceptors (Lipinski definition) is 5. The topological polar surface area (TPSA) is 65.7 Å². The fourth-order valence-corrected chi connectivity index (χ4v) is 2.47. The van der Waals surface area contributed by atoms with Crippen LogP contribution in [0.2, 0.25) is 0 Å². The predicted molar refractivity (Wildman–Crippen MR) is 88.1 cm³/mol. The van der Waals surface area contributed by atoms with E-state index >= 15 is 0 Å². The Bertz CT molecular complexity index is 773. The van der Waals surface area contributed by atoms with E-state index in [0.29, 0.717) is 23.5 Å². The van der Waals surface area contributed by atoms with Gasteiger partial charge in [-0.3, -0.25) is 4.79 Å². The monoisotopic (exact) mass is 318 g/mol. The Kier molecular flexibility index (Phi) is 5.42. The number of aryl methyl sites for hydroxylation is 2. The van der Waals surface area contributed by atoms with Crippen LogP contribution in [0.3, 0.4) is 0 Å². The highest BCUT2D eigenvalue weighted by atomic mass is 16.5. The molecule has 0 fully saturated rings. The average molecular weight is 318 g/mol. The summed E-state index contributed by atoms with van der Waals surface area (Å²) in [4.78, 5) is 23.7. The summed E-state index contributed by atoms with van der Waals surface area (Å²) in [6.45, 7) is 6.41. The molecule has 23 heavy (non-hydrogen) atoms. The lowest BCUT2D eigenvalue weighted by Crippen LogP contribution is -2.16. The molecular weight excluding hydrogens is 296 g/mol. The van der Waals surface area contributed by atoms with Crippen LogP contribution in [0.4, 0.5) is 0 Å². The first-order valence-corrected chi connectivity index (χ1v) is 7.75. The van der Waals surface area contributed by atoms with E-state index in [1.165, 1.54) is 7.11 Å². The maximum absolute atomic E-state index is 12.2. The van der Waals surface area contributed by atoms with Crippen LogP contribution < -0.4 is 10.4 Å². The van der Waals surface area contributed by atoms with Crippen LogP contribution in [0.15, 0.2) is 21.3 Å². The second kappa shape index (κ2) is 7.31. The van der Waals surface area contributed by atoms with Gasteiger partial charge in [-0.15, -0.1) is 0 Å². The Balaban J connectivity index is 2.49. The molecule has 2 rings (SSSR count). The molecule has 1 heterocycles. The zero-order valence-electron chi connectivity index (χ0n) is 14.0. The van der Waals surface area contributed by atoms with Gasteiger partial charge in [-0.05, 0) is 38.0 Å². The SMILES string of the molecule is CCCCOc1ccc2c(C)c(CC(=O)OC)c(=O)oc2c1C. The van der Waals surface area contributed by atoms with Crippen molar-refractivity contribution < 1.29 is 18.7 Å². The maximum atomic E-state index is 12.2. The maximum Gasteiger partial charge on any atom is 0.340 e. The van der Waals surface area contributed by atoms with E-state index in [1.807, 2.05) is 26.0 Å². The van der Waals surface area contributed by atoms with Crippen LogP contribution in [0.5, 0.6) is 5.75 Å². The summed E-state index contributed by atoms with van der Waals surface area (Å²) in [6.07, 6.45) is 1.94. The number of ether oxygens (including phenoxy) is 2. The number of methoxy groups -OCH3 is 1. The molecule has 0 aliphatic carbocycles. The summed E-state index contributed by atoms with van der Waals surface area (Å²) in [5.74, 6) is 0.255. The Labute approximate surface area is 135 Å². The summed E-state index contributed by atoms with van der Waals surface area (Å²) in [7, 11) is 1.30. The van der Waals surface area contributed by atoms with Gasteiger partial charge in [-0.25, -0.2) is 4.79 Å². The average Bonchev–Trinajstić information content (AvgIpc) is 2.54. The molecule has 0 amide bonds. The van der Waals surface area contributed by atoms with Crippen LogP contribution in [0.25, 0.3) is 11.0 Å². The molecule has 0 atom stereocenters. The lowest BCUT2D eigenvalue weighted by atomic mass is 10.0. The van der Waals surface area contributed by atoms with E-state index in [2.05, 4.69) is 11.7 Å². The number of benzene rings is 1. The van der Waals surface area contributed by atoms with Crippen LogP contribution in [0, 0.1) is 13.8 Å². The van der Waals surface area contributed by atoms with Gasteiger partial charge in [-0.1, -0.05) is 13.3 Å². The Morgan fingerprint density at radius 3 is 2.61 bits per heavy atom. The number of carbonyl (C=O) groups excluding carboxylic acids is 1. The van der Waals surface area contributed by atoms with Crippen molar-refractivity contribution in [2.75, 3.05) is 13.7 Å². The molecule has 0 aliphatic rings. The highest BCUT2D eigenvalue weighted by Crippen LogP contribution is 2.29. The third kappa shape index (κ3) is 3.55. The normalized spacial score (nSPS) is 10.8. The van der Waals surface area contributed by atoms with E-state index in [4.69, 9.17) is 9.15 Å². The van der Waals surface area contributed by atoms with Gasteiger partial charge >= 0.3 is 11.6 Å². The van der Waals surface area contributed by atoms with Crippen LogP contribution in [-0.4, -0.2) is 19.7 Å². The molecule has 0 N–H and O–H groups in total. The highest BCUT2D eigenvalue weighted by Gasteiger charge is 2.17. The second-order valence-corrected chi connectivity index (χ2v) is 5.51. The Morgan fingerprint density at radius 2 is 1.96 bits per heavy atom. The highest BCUT2D eigenvalue weighted by molar-refractivity contribution is 5.86. The molecular formula is C18H22O5. The molecule has 1 aromatic carbocycles. The summed E-state index contributed by atoms with van der Waals surface area (Å²) in [6, 6.07) is 3.74. The molecule has 1 aromatic heterocycles. The van der Waals surface area contributed by atoms with Gasteiger partial charge in [0.1, 0.15) is 11.3 Å². The fourth-order valence-electron chi connectivity index (χ4n) is 2.47. The first-order chi connectivity index (χ1) is 11.0. The zero-order chi connectivity index (χ0) is 17.0. The smallest absolute Gasteiger partial charge is 0.340 e. The first kappa shape index (κ1) is 17.1. The van der Waals surface area contributed by atoms with Crippen LogP contribution in [-0.2, 0) is 16.0 Å². The van der Waals surface area contributed by atoms with E-state index in [1.54, 1.807) is 0 Å². The van der Waals surface area contributed by atoms with Crippen molar-refractivity contribution in [2.45, 2.75) is 40.0 Å². The summed E-state index contributed by atoms with van der Waals surface area (Å²) in [5.41, 5.74) is 1.88. The summed E-state index contributed by atoms with van der Waals surface area (Å²) in [5, 5.41) is 0.809. The number of hydrogen-bond donors (Lipinski definition) is 0. The summed E-state index contributed by atoms with van der Waals surface area (Å²) >= 11 is 0. The quantitative estimate of drug-likeness (QED) is 0.464. The minimum absolute atomic E-state index is 0.0889. The van der Waals surface area contributed by atoms with E-state index < -0.39 is 11.6 Å². The first-order valence-electron chi connectivity index (χ1n) is 7.75. The fraction of sp³-hybridized carbons (Fsp3) is 0.444. The van der Waals surface area contributed by atoms with Crippen molar-refractivity contribution in [3.05, 3.63) is 39.2 Å². The van der Waals surface area contributed by atoms with Crippen molar-refractivity contribution in [1.82, 2.24) is 0 Å². The molecule has 0 aliphatic heterocycles. The summed E-state index contributed by atoms with van der Waals surface area (Å²) < 4.78 is 15.8. The molecule has 2 aromatic rings. The molecule has 5 heteroatoms. The van der Waals surface area contributed by atoms with Crippen molar-refractivity contribution in [1.29, 1.82) is 0 Å². The number of esters is 1. The number of unbranched alkanes of at least 4 members (excludes halogenated alkanes) is 1. The standard InChI is InChI=1S/C18H22O5/c1-5-6-9-22-15-8-7-13-11(2)14(10-16(19)21-4)18(20)23-17(13)12(15)3/h7-8H,5-6,9-10H2,1-4H3. The third-order valence-corrected chi connectivity index (χ3v) is 3.96. The van der Waals surface area contributed by atoms with Gasteiger partial charge in [0.25, 0.3) is 0 Å². The van der Waals surface area contributed by atoms with E-state index in [9.17, 15) is 9.59 Å². The van der Waals surface area contributed by atoms with Gasteiger partial charge in [0.05, 0.1) is 25.7 Å². The van der Waals surface area contributed by atoms with Gasteiger partial charge < -0.3 is 13.9 Å². The lowest BCUT2D eigenvalue weighted by Gasteiger charge is -2.12. The van der Waals surface area contributed by atoms with Gasteiger partial charge in [-0.2, -0.15) is 0 Å². The molecule has 0 saturated heterocycles. The van der Waals surface area contributed by atoms with Crippen LogP contribution in [0.1, 0.15) is 36.5 Å². The molecule has 0 spiro atoms. The Hall–Kier alpha value is -2.30. The minimum Gasteiger partial charge on any atom is -0.493 e. The van der Waals surface area contributed by atoms with Gasteiger partial charge in [0.2, 0.25) is 0 Å². The van der Waals surface area contributed by atoms with Gasteiger partial charge in [0.15, 0.2) is 0 Å². The molecule has 5 nitrogen and oxygen atoms in total. The van der Waals surface area contributed by atoms with Crippen molar-refractivity contribution >= 4 is 16.9 Å². The van der Waals surface area contributed by atoms with Gasteiger partial charge in [0, 0.05) is 10.9 Å². The second-order valence-electron chi connectivity index (χ2n) is 5.51. The van der Waals surface area contributed by atoms with Crippen molar-refractivity contribution in [3.63, 3.8) is 0 Å². The van der Waals surface area contributed by atoms with E-state index in [-0.39, 0.29) is 6.42 Å². The van der Waals surface area contributed by atoms with Crippen molar-refractivity contribution in [3.8, 4) is 5.75 Å². The Morgan fingerprint density at radius 1 is 1.22 bits per heavy atom. The van der Waals surface area contributed by atoms with Crippen LogP contribution >= 0.6 is 0 Å². The van der Waals surface area contributed by atoms with E-state index in [0.717, 1.165) is 29.4 Å². The molecule has 0 bridgehead atoms. The minimum atomic E-state index is -0.505. The molecule has 0 radical (unpaired) electrons. The molecule has 0 unspecified atom stereocenters. The third-order valence-electron chi connectivity index (χ3n) is 3.96. The molecule has 0 saturated carbocycles. The number of rotatable bonds is 6. The predicted octanol–water partition coefficient (Wildman–Crippen LogP) is 3.30. The largest absolute Gasteiger partial charge is 0.493 e. The number of fused-ring (bicyclic) bond motifs is 1. The number of carbonyl (C=O) groups is 1.